The van der Waals surface area contributed by atoms with Gasteiger partial charge in [-0.3, -0.25) is 0 Å². The lowest BCUT2D eigenvalue weighted by Crippen LogP contribution is -2.11. The molecule has 3 rings (SSSR count). The Kier molecular flexibility index (Phi) is 4.51. The SMILES string of the molecule is CCc1cc(CC)c2c3cc(Br)ccc3n(S(C)(=O)=O)c2c1CC. The van der Waals surface area contributed by atoms with E-state index in [2.05, 4.69) is 42.8 Å². The van der Waals surface area contributed by atoms with E-state index in [1.807, 2.05) is 18.2 Å². The average molecular weight is 408 g/mol. The molecule has 24 heavy (non-hydrogen) atoms. The smallest absolute Gasteiger partial charge is 0.236 e. The summed E-state index contributed by atoms with van der Waals surface area (Å²) in [5.41, 5.74) is 5.22. The molecule has 0 bridgehead atoms. The van der Waals surface area contributed by atoms with E-state index < -0.39 is 10.0 Å². The largest absolute Gasteiger partial charge is 0.237 e. The lowest BCUT2D eigenvalue weighted by molar-refractivity contribution is 0.596. The van der Waals surface area contributed by atoms with Crippen molar-refractivity contribution in [3.8, 4) is 0 Å². The molecule has 0 amide bonds. The number of nitrogens with zero attached hydrogens (tertiary/aromatic N) is 1. The van der Waals surface area contributed by atoms with Crippen molar-refractivity contribution in [1.29, 1.82) is 0 Å². The van der Waals surface area contributed by atoms with E-state index in [-0.39, 0.29) is 0 Å². The van der Waals surface area contributed by atoms with Gasteiger partial charge in [0.05, 0.1) is 17.3 Å². The van der Waals surface area contributed by atoms with Crippen molar-refractivity contribution in [1.82, 2.24) is 3.97 Å². The molecule has 5 heteroatoms. The monoisotopic (exact) mass is 407 g/mol. The third kappa shape index (κ3) is 2.58. The zero-order valence-corrected chi connectivity index (χ0v) is 16.9. The van der Waals surface area contributed by atoms with Gasteiger partial charge in [-0.05, 0) is 54.2 Å². The Morgan fingerprint density at radius 3 is 2.21 bits per heavy atom. The third-order valence-corrected chi connectivity index (χ3v) is 6.21. The van der Waals surface area contributed by atoms with Gasteiger partial charge in [0.25, 0.3) is 0 Å². The number of benzene rings is 2. The van der Waals surface area contributed by atoms with Gasteiger partial charge in [0.1, 0.15) is 0 Å². The number of rotatable bonds is 4. The summed E-state index contributed by atoms with van der Waals surface area (Å²) in [7, 11) is -3.41. The van der Waals surface area contributed by atoms with Gasteiger partial charge in [-0.2, -0.15) is 0 Å². The van der Waals surface area contributed by atoms with E-state index in [0.717, 1.165) is 51.1 Å². The molecule has 3 aromatic rings. The molecule has 0 N–H and O–H groups in total. The van der Waals surface area contributed by atoms with Crippen LogP contribution in [0, 0.1) is 0 Å². The second-order valence-electron chi connectivity index (χ2n) is 6.15. The van der Waals surface area contributed by atoms with Gasteiger partial charge in [-0.1, -0.05) is 42.8 Å². The minimum absolute atomic E-state index is 0.758. The molecule has 1 aromatic heterocycles. The first-order chi connectivity index (χ1) is 11.3. The normalized spacial score (nSPS) is 12.4. The number of aromatic nitrogens is 1. The van der Waals surface area contributed by atoms with Crippen LogP contribution >= 0.6 is 15.9 Å². The van der Waals surface area contributed by atoms with Crippen LogP contribution in [0.2, 0.25) is 0 Å². The van der Waals surface area contributed by atoms with Crippen LogP contribution in [0.4, 0.5) is 0 Å². The van der Waals surface area contributed by atoms with Crippen LogP contribution in [0.1, 0.15) is 37.5 Å². The lowest BCUT2D eigenvalue weighted by atomic mass is 9.94. The fraction of sp³-hybridized carbons (Fsp3) is 0.368. The fourth-order valence-corrected chi connectivity index (χ4v) is 5.10. The van der Waals surface area contributed by atoms with E-state index in [1.54, 1.807) is 3.97 Å². The van der Waals surface area contributed by atoms with Crippen molar-refractivity contribution in [3.05, 3.63) is 45.4 Å². The molecule has 0 saturated carbocycles. The minimum atomic E-state index is -3.41. The van der Waals surface area contributed by atoms with Crippen LogP contribution in [0.15, 0.2) is 28.7 Å². The summed E-state index contributed by atoms with van der Waals surface area (Å²) in [6.45, 7) is 6.35. The molecule has 0 aliphatic heterocycles. The molecular weight excluding hydrogens is 386 g/mol. The average Bonchev–Trinajstić information content (AvgIpc) is 2.87. The summed E-state index contributed by atoms with van der Waals surface area (Å²) >= 11 is 3.53. The standard InChI is InChI=1S/C19H22BrNO2S/c1-5-12-10-13(6-2)18-16-11-14(20)8-9-17(16)21(24(4,22)23)19(18)15(12)7-3/h8-11H,5-7H2,1-4H3. The van der Waals surface area contributed by atoms with E-state index in [4.69, 9.17) is 0 Å². The van der Waals surface area contributed by atoms with Crippen molar-refractivity contribution in [3.63, 3.8) is 0 Å². The Balaban J connectivity index is 2.73. The van der Waals surface area contributed by atoms with Crippen LogP contribution in [0.25, 0.3) is 21.8 Å². The zero-order chi connectivity index (χ0) is 17.6. The minimum Gasteiger partial charge on any atom is -0.237 e. The van der Waals surface area contributed by atoms with Crippen molar-refractivity contribution in [2.75, 3.05) is 6.26 Å². The molecule has 1 heterocycles. The molecule has 0 fully saturated rings. The summed E-state index contributed by atoms with van der Waals surface area (Å²) in [6, 6.07) is 8.09. The van der Waals surface area contributed by atoms with Crippen LogP contribution < -0.4 is 0 Å². The summed E-state index contributed by atoms with van der Waals surface area (Å²) in [6.07, 6.45) is 3.89. The highest BCUT2D eigenvalue weighted by molar-refractivity contribution is 9.10. The molecule has 3 nitrogen and oxygen atoms in total. The first-order valence-electron chi connectivity index (χ1n) is 8.31. The molecule has 0 atom stereocenters. The molecule has 0 unspecified atom stereocenters. The van der Waals surface area contributed by atoms with Gasteiger partial charge in [0, 0.05) is 15.2 Å². The van der Waals surface area contributed by atoms with E-state index >= 15 is 0 Å². The maximum atomic E-state index is 12.6. The van der Waals surface area contributed by atoms with Gasteiger partial charge >= 0.3 is 0 Å². The molecule has 128 valence electrons. The van der Waals surface area contributed by atoms with Crippen molar-refractivity contribution in [2.45, 2.75) is 40.0 Å². The molecule has 0 aliphatic rings. The van der Waals surface area contributed by atoms with E-state index in [1.165, 1.54) is 17.4 Å². The first-order valence-corrected chi connectivity index (χ1v) is 10.9. The predicted octanol–water partition coefficient (Wildman–Crippen LogP) is 5.05. The summed E-state index contributed by atoms with van der Waals surface area (Å²) in [5.74, 6) is 0. The third-order valence-electron chi connectivity index (χ3n) is 4.68. The number of hydrogen-bond acceptors (Lipinski definition) is 2. The highest BCUT2D eigenvalue weighted by atomic mass is 79.9. The van der Waals surface area contributed by atoms with Gasteiger partial charge in [0.2, 0.25) is 10.0 Å². The predicted molar refractivity (Wildman–Crippen MR) is 106 cm³/mol. The van der Waals surface area contributed by atoms with E-state index in [0.29, 0.717) is 0 Å². The van der Waals surface area contributed by atoms with Crippen LogP contribution in [-0.4, -0.2) is 18.6 Å². The molecule has 0 saturated heterocycles. The van der Waals surface area contributed by atoms with Crippen LogP contribution in [0.3, 0.4) is 0 Å². The second kappa shape index (κ2) is 6.19. The number of aryl methyl sites for hydroxylation is 3. The van der Waals surface area contributed by atoms with Gasteiger partial charge in [-0.15, -0.1) is 0 Å². The highest BCUT2D eigenvalue weighted by Gasteiger charge is 2.23. The molecule has 0 spiro atoms. The molecule has 0 aliphatic carbocycles. The van der Waals surface area contributed by atoms with Crippen LogP contribution in [0.5, 0.6) is 0 Å². The highest BCUT2D eigenvalue weighted by Crippen LogP contribution is 2.38. The summed E-state index contributed by atoms with van der Waals surface area (Å²) < 4.78 is 27.8. The molecule has 0 radical (unpaired) electrons. The maximum absolute atomic E-state index is 12.6. The lowest BCUT2D eigenvalue weighted by Gasteiger charge is -2.14. The van der Waals surface area contributed by atoms with Crippen molar-refractivity contribution in [2.24, 2.45) is 0 Å². The summed E-state index contributed by atoms with van der Waals surface area (Å²) in [5, 5.41) is 2.08. The zero-order valence-electron chi connectivity index (χ0n) is 14.5. The van der Waals surface area contributed by atoms with Gasteiger partial charge < -0.3 is 0 Å². The second-order valence-corrected chi connectivity index (χ2v) is 8.89. The van der Waals surface area contributed by atoms with E-state index in [9.17, 15) is 8.42 Å². The van der Waals surface area contributed by atoms with Gasteiger partial charge in [-0.25, -0.2) is 12.4 Å². The van der Waals surface area contributed by atoms with Crippen molar-refractivity contribution < 1.29 is 8.42 Å². The summed E-state index contributed by atoms with van der Waals surface area (Å²) in [4.78, 5) is 0. The Morgan fingerprint density at radius 1 is 1.00 bits per heavy atom. The Labute approximate surface area is 151 Å². The number of hydrogen-bond donors (Lipinski definition) is 0. The van der Waals surface area contributed by atoms with Crippen LogP contribution in [-0.2, 0) is 29.3 Å². The Bertz CT molecular complexity index is 1050. The quantitative estimate of drug-likeness (QED) is 0.606. The molecular formula is C19H22BrNO2S. The molecule has 2 aromatic carbocycles. The Morgan fingerprint density at radius 2 is 1.67 bits per heavy atom. The fourth-order valence-electron chi connectivity index (χ4n) is 3.69. The number of halogens is 1. The maximum Gasteiger partial charge on any atom is 0.236 e. The van der Waals surface area contributed by atoms with Crippen molar-refractivity contribution >= 4 is 47.8 Å². The van der Waals surface area contributed by atoms with Gasteiger partial charge in [0.15, 0.2) is 0 Å². The first kappa shape index (κ1) is 17.5. The topological polar surface area (TPSA) is 39.1 Å². The Hall–Kier alpha value is -1.33. The number of fused-ring (bicyclic) bond motifs is 3.